The molecular weight excluding hydrogens is 154 g/mol. The number of ether oxygens (including phenoxy) is 1. The fraction of sp³-hybridized carbons (Fsp3) is 0.889. The molecule has 0 radical (unpaired) electrons. The molecule has 0 saturated carbocycles. The van der Waals surface area contributed by atoms with E-state index in [0.717, 1.165) is 25.9 Å². The molecular formula is C9H17NO2. The Morgan fingerprint density at radius 1 is 1.42 bits per heavy atom. The first kappa shape index (κ1) is 9.52. The minimum atomic E-state index is -0.0218. The molecule has 0 aromatic heterocycles. The Hall–Kier alpha value is -0.570. The van der Waals surface area contributed by atoms with Crippen LogP contribution in [0.1, 0.15) is 26.7 Å². The molecule has 1 aliphatic heterocycles. The van der Waals surface area contributed by atoms with Gasteiger partial charge in [-0.1, -0.05) is 0 Å². The van der Waals surface area contributed by atoms with Gasteiger partial charge in [0.15, 0.2) is 0 Å². The van der Waals surface area contributed by atoms with Crippen LogP contribution >= 0.6 is 0 Å². The second kappa shape index (κ2) is 4.45. The van der Waals surface area contributed by atoms with Gasteiger partial charge in [-0.2, -0.15) is 0 Å². The van der Waals surface area contributed by atoms with Crippen LogP contribution in [-0.4, -0.2) is 25.2 Å². The van der Waals surface area contributed by atoms with Gasteiger partial charge in [-0.05, 0) is 39.8 Å². The molecule has 0 spiro atoms. The molecule has 70 valence electrons. The van der Waals surface area contributed by atoms with Crippen molar-refractivity contribution in [3.63, 3.8) is 0 Å². The number of nitrogens with one attached hydrogen (secondary N) is 1. The molecule has 0 unspecified atom stereocenters. The van der Waals surface area contributed by atoms with E-state index in [1.54, 1.807) is 0 Å². The van der Waals surface area contributed by atoms with Gasteiger partial charge in [-0.15, -0.1) is 0 Å². The molecule has 12 heavy (non-hydrogen) atoms. The summed E-state index contributed by atoms with van der Waals surface area (Å²) in [7, 11) is 0. The van der Waals surface area contributed by atoms with Gasteiger partial charge in [0.2, 0.25) is 0 Å². The minimum Gasteiger partial charge on any atom is -0.463 e. The number of esters is 1. The van der Waals surface area contributed by atoms with E-state index in [2.05, 4.69) is 5.32 Å². The lowest BCUT2D eigenvalue weighted by Crippen LogP contribution is -2.33. The summed E-state index contributed by atoms with van der Waals surface area (Å²) in [5.74, 6) is 0.111. The quantitative estimate of drug-likeness (QED) is 0.628. The number of piperidine rings is 1. The van der Waals surface area contributed by atoms with Crippen molar-refractivity contribution < 1.29 is 9.53 Å². The molecule has 0 aromatic rings. The van der Waals surface area contributed by atoms with Gasteiger partial charge in [0, 0.05) is 0 Å². The zero-order valence-corrected chi connectivity index (χ0v) is 7.80. The molecule has 0 atom stereocenters. The van der Waals surface area contributed by atoms with Gasteiger partial charge in [-0.3, -0.25) is 4.79 Å². The number of carbonyl (C=O) groups excluding carboxylic acids is 1. The average Bonchev–Trinajstić information content (AvgIpc) is 2.05. The van der Waals surface area contributed by atoms with Crippen molar-refractivity contribution >= 4 is 5.97 Å². The van der Waals surface area contributed by atoms with Crippen molar-refractivity contribution in [3.8, 4) is 0 Å². The third-order valence-corrected chi connectivity index (χ3v) is 2.02. The summed E-state index contributed by atoms with van der Waals surface area (Å²) in [5.41, 5.74) is 0. The van der Waals surface area contributed by atoms with Crippen molar-refractivity contribution in [2.45, 2.75) is 32.8 Å². The largest absolute Gasteiger partial charge is 0.463 e. The van der Waals surface area contributed by atoms with Crippen molar-refractivity contribution in [1.82, 2.24) is 5.32 Å². The molecule has 1 rings (SSSR count). The zero-order valence-electron chi connectivity index (χ0n) is 7.80. The minimum absolute atomic E-state index is 0.0207. The first-order valence-corrected chi connectivity index (χ1v) is 4.61. The summed E-state index contributed by atoms with van der Waals surface area (Å²) in [5, 5.41) is 3.22. The fourth-order valence-corrected chi connectivity index (χ4v) is 1.39. The maximum absolute atomic E-state index is 11.4. The van der Waals surface area contributed by atoms with Crippen molar-refractivity contribution in [3.05, 3.63) is 0 Å². The van der Waals surface area contributed by atoms with E-state index < -0.39 is 0 Å². The van der Waals surface area contributed by atoms with Crippen LogP contribution < -0.4 is 5.32 Å². The van der Waals surface area contributed by atoms with Crippen LogP contribution in [0.4, 0.5) is 0 Å². The third-order valence-electron chi connectivity index (χ3n) is 2.02. The van der Waals surface area contributed by atoms with Gasteiger partial charge in [-0.25, -0.2) is 0 Å². The third kappa shape index (κ3) is 2.81. The van der Waals surface area contributed by atoms with Gasteiger partial charge < -0.3 is 10.1 Å². The second-order valence-electron chi connectivity index (χ2n) is 3.51. The summed E-state index contributed by atoms with van der Waals surface area (Å²) in [6.07, 6.45) is 1.87. The predicted molar refractivity (Wildman–Crippen MR) is 46.8 cm³/mol. The standard InChI is InChI=1S/C9H17NO2/c1-7(2)12-9(11)8-3-5-10-6-4-8/h7-8,10H,3-6H2,1-2H3. The second-order valence-corrected chi connectivity index (χ2v) is 3.51. The number of rotatable bonds is 2. The van der Waals surface area contributed by atoms with E-state index in [-0.39, 0.29) is 18.0 Å². The fourth-order valence-electron chi connectivity index (χ4n) is 1.39. The number of hydrogen-bond acceptors (Lipinski definition) is 3. The van der Waals surface area contributed by atoms with E-state index in [0.29, 0.717) is 0 Å². The number of carbonyl (C=O) groups is 1. The van der Waals surface area contributed by atoms with Crippen molar-refractivity contribution in [2.24, 2.45) is 5.92 Å². The molecule has 1 N–H and O–H groups in total. The first-order chi connectivity index (χ1) is 5.70. The van der Waals surface area contributed by atoms with Crippen LogP contribution in [0.2, 0.25) is 0 Å². The Balaban J connectivity index is 2.30. The summed E-state index contributed by atoms with van der Waals surface area (Å²) >= 11 is 0. The van der Waals surface area contributed by atoms with E-state index in [9.17, 15) is 4.79 Å². The topological polar surface area (TPSA) is 38.3 Å². The van der Waals surface area contributed by atoms with Crippen LogP contribution in [0, 0.1) is 5.92 Å². The zero-order chi connectivity index (χ0) is 8.97. The van der Waals surface area contributed by atoms with E-state index in [1.807, 2.05) is 13.8 Å². The molecule has 0 amide bonds. The molecule has 1 heterocycles. The Labute approximate surface area is 73.5 Å². The summed E-state index contributed by atoms with van der Waals surface area (Å²) in [6, 6.07) is 0. The molecule has 1 saturated heterocycles. The summed E-state index contributed by atoms with van der Waals surface area (Å²) < 4.78 is 5.12. The average molecular weight is 171 g/mol. The van der Waals surface area contributed by atoms with Gasteiger partial charge in [0.1, 0.15) is 0 Å². The molecule has 1 fully saturated rings. The Morgan fingerprint density at radius 2 is 2.00 bits per heavy atom. The molecule has 0 aromatic carbocycles. The Bertz CT molecular complexity index is 151. The molecule has 1 aliphatic rings. The summed E-state index contributed by atoms with van der Waals surface area (Å²) in [4.78, 5) is 11.4. The smallest absolute Gasteiger partial charge is 0.309 e. The number of hydrogen-bond donors (Lipinski definition) is 1. The van der Waals surface area contributed by atoms with Gasteiger partial charge in [0.25, 0.3) is 0 Å². The van der Waals surface area contributed by atoms with E-state index in [1.165, 1.54) is 0 Å². The van der Waals surface area contributed by atoms with Crippen molar-refractivity contribution in [2.75, 3.05) is 13.1 Å². The lowest BCUT2D eigenvalue weighted by atomic mass is 9.98. The van der Waals surface area contributed by atoms with Crippen LogP contribution in [0.25, 0.3) is 0 Å². The highest BCUT2D eigenvalue weighted by Crippen LogP contribution is 2.13. The SMILES string of the molecule is CC(C)OC(=O)C1CCNCC1. The lowest BCUT2D eigenvalue weighted by Gasteiger charge is -2.21. The Morgan fingerprint density at radius 3 is 2.50 bits per heavy atom. The molecule has 3 nitrogen and oxygen atoms in total. The normalized spacial score (nSPS) is 19.6. The van der Waals surface area contributed by atoms with Crippen LogP contribution in [0.5, 0.6) is 0 Å². The van der Waals surface area contributed by atoms with Gasteiger partial charge >= 0.3 is 5.97 Å². The monoisotopic (exact) mass is 171 g/mol. The van der Waals surface area contributed by atoms with Gasteiger partial charge in [0.05, 0.1) is 12.0 Å². The molecule has 3 heteroatoms. The lowest BCUT2D eigenvalue weighted by molar-refractivity contribution is -0.153. The predicted octanol–water partition coefficient (Wildman–Crippen LogP) is 0.938. The maximum Gasteiger partial charge on any atom is 0.309 e. The van der Waals surface area contributed by atoms with Crippen LogP contribution in [-0.2, 0) is 9.53 Å². The molecule has 0 bridgehead atoms. The Kier molecular flexibility index (Phi) is 3.53. The maximum atomic E-state index is 11.4. The van der Waals surface area contributed by atoms with E-state index >= 15 is 0 Å². The van der Waals surface area contributed by atoms with Crippen LogP contribution in [0.15, 0.2) is 0 Å². The van der Waals surface area contributed by atoms with Crippen LogP contribution in [0.3, 0.4) is 0 Å². The molecule has 0 aliphatic carbocycles. The van der Waals surface area contributed by atoms with Crippen molar-refractivity contribution in [1.29, 1.82) is 0 Å². The summed E-state index contributed by atoms with van der Waals surface area (Å²) in [6.45, 7) is 5.66. The highest BCUT2D eigenvalue weighted by Gasteiger charge is 2.22. The first-order valence-electron chi connectivity index (χ1n) is 4.61. The highest BCUT2D eigenvalue weighted by molar-refractivity contribution is 5.72. The highest BCUT2D eigenvalue weighted by atomic mass is 16.5. The van der Waals surface area contributed by atoms with E-state index in [4.69, 9.17) is 4.74 Å².